The highest BCUT2D eigenvalue weighted by molar-refractivity contribution is 7.99. The molecule has 1 aliphatic heterocycles. The minimum Gasteiger partial charge on any atom is -0.308 e. The maximum atomic E-state index is 5.03. The highest BCUT2D eigenvalue weighted by Gasteiger charge is 2.26. The number of hydrogen-bond donors (Lipinski definition) is 0. The maximum absolute atomic E-state index is 5.03. The minimum atomic E-state index is 0.768. The van der Waals surface area contributed by atoms with Crippen molar-refractivity contribution >= 4 is 51.1 Å². The molecule has 9 rings (SSSR count). The molecule has 5 heteroatoms. The third kappa shape index (κ3) is 3.53. The molecule has 3 nitrogen and oxygen atoms in total. The Balaban J connectivity index is 1.10. The zero-order valence-electron chi connectivity index (χ0n) is 21.8. The largest absolute Gasteiger partial charge is 0.308 e. The van der Waals surface area contributed by atoms with E-state index in [-0.39, 0.29) is 0 Å². The third-order valence-corrected chi connectivity index (χ3v) is 9.85. The normalized spacial score (nSPS) is 12.7. The van der Waals surface area contributed by atoms with Gasteiger partial charge in [-0.2, -0.15) is 4.37 Å². The summed E-state index contributed by atoms with van der Waals surface area (Å²) in [4.78, 5) is 9.81. The number of anilines is 3. The standard InChI is InChI=1S/C36H21N3S2/c1-2-10-25(11-3-1)39-30-14-4-5-15-32(30)40-33-21-23(17-19-31(33)39)35-37-36(41-38-35)24-16-18-26-27-12-6-8-22-9-7-13-28(34(22)27)29(26)20-24/h1-21H. The zero-order valence-corrected chi connectivity index (χ0v) is 23.4. The van der Waals surface area contributed by atoms with Crippen LogP contribution in [0.15, 0.2) is 137 Å². The SMILES string of the molecule is c1ccc(N2c3ccccc3Sc3cc(-c4nsc(-c5ccc6c(c5)-c5cccc7cccc-6c57)n4)ccc32)cc1. The summed E-state index contributed by atoms with van der Waals surface area (Å²) in [6.45, 7) is 0. The van der Waals surface area contributed by atoms with Crippen LogP contribution in [0.25, 0.3) is 55.0 Å². The van der Waals surface area contributed by atoms with Crippen molar-refractivity contribution in [2.75, 3.05) is 4.90 Å². The average molecular weight is 560 g/mol. The number of hydrogen-bond acceptors (Lipinski definition) is 5. The van der Waals surface area contributed by atoms with Gasteiger partial charge in [-0.3, -0.25) is 0 Å². The fraction of sp³-hybridized carbons (Fsp3) is 0. The van der Waals surface area contributed by atoms with E-state index in [2.05, 4.69) is 132 Å². The Bertz CT molecular complexity index is 2140. The third-order valence-electron chi connectivity index (χ3n) is 7.98. The van der Waals surface area contributed by atoms with E-state index >= 15 is 0 Å². The average Bonchev–Trinajstić information content (AvgIpc) is 3.65. The highest BCUT2D eigenvalue weighted by atomic mass is 32.2. The molecular weight excluding hydrogens is 539 g/mol. The number of nitrogens with zero attached hydrogens (tertiary/aromatic N) is 3. The molecule has 0 saturated carbocycles. The Morgan fingerprint density at radius 3 is 2.17 bits per heavy atom. The molecule has 192 valence electrons. The van der Waals surface area contributed by atoms with Crippen LogP contribution in [0.2, 0.25) is 0 Å². The molecule has 2 heterocycles. The molecule has 2 aliphatic rings. The van der Waals surface area contributed by atoms with Crippen molar-refractivity contribution in [3.05, 3.63) is 127 Å². The summed E-state index contributed by atoms with van der Waals surface area (Å²) in [7, 11) is 0. The number of rotatable bonds is 3. The van der Waals surface area contributed by atoms with Gasteiger partial charge in [0.05, 0.1) is 11.4 Å². The van der Waals surface area contributed by atoms with Gasteiger partial charge in [-0.05, 0) is 93.1 Å². The molecule has 0 radical (unpaired) electrons. The second kappa shape index (κ2) is 8.90. The lowest BCUT2D eigenvalue weighted by Gasteiger charge is -2.33. The number of benzene rings is 6. The van der Waals surface area contributed by atoms with Crippen LogP contribution in [-0.4, -0.2) is 9.36 Å². The van der Waals surface area contributed by atoms with Crippen LogP contribution in [0, 0.1) is 0 Å². The molecular formula is C36H21N3S2. The van der Waals surface area contributed by atoms with Gasteiger partial charge in [0.1, 0.15) is 5.01 Å². The lowest BCUT2D eigenvalue weighted by atomic mass is 10.0. The van der Waals surface area contributed by atoms with Crippen molar-refractivity contribution in [3.8, 4) is 44.2 Å². The van der Waals surface area contributed by atoms with Crippen molar-refractivity contribution in [3.63, 3.8) is 0 Å². The summed E-state index contributed by atoms with van der Waals surface area (Å²) in [5, 5.41) is 3.57. The van der Waals surface area contributed by atoms with Crippen LogP contribution in [-0.2, 0) is 0 Å². The molecule has 0 saturated heterocycles. The van der Waals surface area contributed by atoms with Crippen LogP contribution in [0.4, 0.5) is 17.1 Å². The fourth-order valence-electron chi connectivity index (χ4n) is 6.13. The summed E-state index contributed by atoms with van der Waals surface area (Å²) in [5.74, 6) is 0.768. The van der Waals surface area contributed by atoms with Crippen molar-refractivity contribution < 1.29 is 0 Å². The lowest BCUT2D eigenvalue weighted by Crippen LogP contribution is -2.14. The molecule has 0 unspecified atom stereocenters. The molecule has 7 aromatic rings. The smallest absolute Gasteiger partial charge is 0.173 e. The van der Waals surface area contributed by atoms with Gasteiger partial charge in [0.2, 0.25) is 0 Å². The van der Waals surface area contributed by atoms with Gasteiger partial charge in [-0.15, -0.1) is 0 Å². The van der Waals surface area contributed by atoms with Gasteiger partial charge in [-0.25, -0.2) is 4.98 Å². The van der Waals surface area contributed by atoms with Crippen LogP contribution < -0.4 is 4.90 Å². The molecule has 0 atom stereocenters. The van der Waals surface area contributed by atoms with Gasteiger partial charge in [0.15, 0.2) is 5.82 Å². The van der Waals surface area contributed by atoms with Gasteiger partial charge < -0.3 is 4.90 Å². The van der Waals surface area contributed by atoms with Gasteiger partial charge >= 0.3 is 0 Å². The van der Waals surface area contributed by atoms with Crippen LogP contribution >= 0.6 is 23.3 Å². The molecule has 1 aliphatic carbocycles. The molecule has 1 aromatic heterocycles. The Morgan fingerprint density at radius 1 is 0.537 bits per heavy atom. The Kier molecular flexibility index (Phi) is 5.00. The first-order chi connectivity index (χ1) is 20.3. The second-order valence-electron chi connectivity index (χ2n) is 10.3. The number of para-hydroxylation sites is 2. The quantitative estimate of drug-likeness (QED) is 0.215. The van der Waals surface area contributed by atoms with Gasteiger partial charge in [0, 0.05) is 26.6 Å². The molecule has 0 spiro atoms. The Labute approximate surface area is 245 Å². The van der Waals surface area contributed by atoms with Crippen molar-refractivity contribution in [2.24, 2.45) is 0 Å². The Hall–Kier alpha value is -4.71. The van der Waals surface area contributed by atoms with E-state index in [1.807, 2.05) is 0 Å². The molecule has 0 N–H and O–H groups in total. The van der Waals surface area contributed by atoms with Crippen molar-refractivity contribution in [2.45, 2.75) is 9.79 Å². The van der Waals surface area contributed by atoms with E-state index in [1.54, 1.807) is 11.8 Å². The van der Waals surface area contributed by atoms with E-state index in [9.17, 15) is 0 Å². The summed E-state index contributed by atoms with van der Waals surface area (Å²) >= 11 is 3.27. The van der Waals surface area contributed by atoms with E-state index in [4.69, 9.17) is 9.36 Å². The van der Waals surface area contributed by atoms with Crippen LogP contribution in [0.3, 0.4) is 0 Å². The topological polar surface area (TPSA) is 29.0 Å². The summed E-state index contributed by atoms with van der Waals surface area (Å²) in [5.41, 5.74) is 10.8. The molecule has 0 amide bonds. The van der Waals surface area contributed by atoms with Crippen LogP contribution in [0.5, 0.6) is 0 Å². The predicted octanol–water partition coefficient (Wildman–Crippen LogP) is 10.6. The summed E-state index contributed by atoms with van der Waals surface area (Å²) in [6, 6.07) is 45.6. The summed E-state index contributed by atoms with van der Waals surface area (Å²) < 4.78 is 4.81. The second-order valence-corrected chi connectivity index (χ2v) is 12.2. The van der Waals surface area contributed by atoms with Gasteiger partial charge in [0.25, 0.3) is 0 Å². The first kappa shape index (κ1) is 23.0. The molecule has 6 aromatic carbocycles. The minimum absolute atomic E-state index is 0.768. The zero-order chi connectivity index (χ0) is 26.9. The summed E-state index contributed by atoms with van der Waals surface area (Å²) in [6.07, 6.45) is 0. The van der Waals surface area contributed by atoms with Gasteiger partial charge in [-0.1, -0.05) is 90.6 Å². The Morgan fingerprint density at radius 2 is 1.29 bits per heavy atom. The van der Waals surface area contributed by atoms with E-state index in [1.165, 1.54) is 65.7 Å². The van der Waals surface area contributed by atoms with E-state index in [0.29, 0.717) is 0 Å². The maximum Gasteiger partial charge on any atom is 0.173 e. The number of fused-ring (bicyclic) bond motifs is 5. The fourth-order valence-corrected chi connectivity index (χ4v) is 7.91. The highest BCUT2D eigenvalue weighted by Crippen LogP contribution is 2.52. The van der Waals surface area contributed by atoms with Crippen molar-refractivity contribution in [1.29, 1.82) is 0 Å². The molecule has 41 heavy (non-hydrogen) atoms. The monoisotopic (exact) mass is 559 g/mol. The first-order valence-electron chi connectivity index (χ1n) is 13.6. The van der Waals surface area contributed by atoms with E-state index < -0.39 is 0 Å². The van der Waals surface area contributed by atoms with Crippen LogP contribution in [0.1, 0.15) is 0 Å². The van der Waals surface area contributed by atoms with Crippen molar-refractivity contribution in [1.82, 2.24) is 9.36 Å². The lowest BCUT2D eigenvalue weighted by molar-refractivity contribution is 1.16. The first-order valence-corrected chi connectivity index (χ1v) is 15.2. The molecule has 0 bridgehead atoms. The number of aromatic nitrogens is 2. The molecule has 0 fully saturated rings. The predicted molar refractivity (Wildman–Crippen MR) is 172 cm³/mol. The van der Waals surface area contributed by atoms with E-state index in [0.717, 1.165) is 27.6 Å².